The molecule has 1 saturated heterocycles. The molecule has 0 aromatic rings. The summed E-state index contributed by atoms with van der Waals surface area (Å²) in [6.45, 7) is 1.30. The van der Waals surface area contributed by atoms with Gasteiger partial charge in [-0.1, -0.05) is 0 Å². The highest BCUT2D eigenvalue weighted by Crippen LogP contribution is 2.18. The van der Waals surface area contributed by atoms with Crippen molar-refractivity contribution in [3.8, 4) is 0 Å². The molecule has 5 nitrogen and oxygen atoms in total. The highest BCUT2D eigenvalue weighted by atomic mass is 16.4. The van der Waals surface area contributed by atoms with E-state index in [1.54, 1.807) is 0 Å². The van der Waals surface area contributed by atoms with Crippen LogP contribution in [-0.2, 0) is 9.59 Å². The van der Waals surface area contributed by atoms with E-state index >= 15 is 0 Å². The van der Waals surface area contributed by atoms with Crippen LogP contribution in [0.1, 0.15) is 12.8 Å². The molecule has 0 aromatic carbocycles. The monoisotopic (exact) mass is 172 g/mol. The highest BCUT2D eigenvalue weighted by molar-refractivity contribution is 5.69. The standard InChI is InChI=1S/C7H12N2O3/c10-5-9-7(3-6(11)12)1-2-8-4-7/h5,8H,1-4H2,(H,9,10)(H,11,12). The Bertz CT molecular complexity index is 187. The zero-order chi connectivity index (χ0) is 9.03. The third-order valence-corrected chi connectivity index (χ3v) is 2.10. The van der Waals surface area contributed by atoms with Crippen LogP contribution in [0.15, 0.2) is 0 Å². The van der Waals surface area contributed by atoms with Crippen LogP contribution in [0.2, 0.25) is 0 Å². The van der Waals surface area contributed by atoms with Gasteiger partial charge in [0.2, 0.25) is 6.41 Å². The Morgan fingerprint density at radius 2 is 2.50 bits per heavy atom. The van der Waals surface area contributed by atoms with Crippen molar-refractivity contribution in [2.24, 2.45) is 0 Å². The van der Waals surface area contributed by atoms with Gasteiger partial charge in [-0.25, -0.2) is 0 Å². The SMILES string of the molecule is O=CNC1(CC(=O)O)CCNC1. The Kier molecular flexibility index (Phi) is 2.65. The number of rotatable bonds is 4. The van der Waals surface area contributed by atoms with Crippen LogP contribution in [0.3, 0.4) is 0 Å². The zero-order valence-electron chi connectivity index (χ0n) is 6.67. The van der Waals surface area contributed by atoms with Crippen LogP contribution in [0.25, 0.3) is 0 Å². The van der Waals surface area contributed by atoms with Crippen molar-refractivity contribution >= 4 is 12.4 Å². The molecule has 0 aliphatic carbocycles. The number of carboxylic acid groups (broad SMARTS) is 1. The summed E-state index contributed by atoms with van der Waals surface area (Å²) >= 11 is 0. The number of carbonyl (C=O) groups excluding carboxylic acids is 1. The topological polar surface area (TPSA) is 78.4 Å². The molecule has 0 aromatic heterocycles. The van der Waals surface area contributed by atoms with Crippen LogP contribution in [-0.4, -0.2) is 36.1 Å². The molecule has 3 N–H and O–H groups in total. The molecule has 5 heteroatoms. The molecule has 1 aliphatic heterocycles. The normalized spacial score (nSPS) is 28.3. The van der Waals surface area contributed by atoms with Crippen LogP contribution >= 0.6 is 0 Å². The fourth-order valence-electron chi connectivity index (χ4n) is 1.48. The first-order valence-electron chi connectivity index (χ1n) is 3.82. The number of aliphatic carboxylic acids is 1. The lowest BCUT2D eigenvalue weighted by atomic mass is 9.95. The van der Waals surface area contributed by atoms with E-state index in [0.717, 1.165) is 6.54 Å². The fraction of sp³-hybridized carbons (Fsp3) is 0.714. The zero-order valence-corrected chi connectivity index (χ0v) is 6.67. The van der Waals surface area contributed by atoms with Crippen molar-refractivity contribution in [1.82, 2.24) is 10.6 Å². The van der Waals surface area contributed by atoms with Crippen molar-refractivity contribution in [2.45, 2.75) is 18.4 Å². The van der Waals surface area contributed by atoms with Crippen molar-refractivity contribution in [2.75, 3.05) is 13.1 Å². The summed E-state index contributed by atoms with van der Waals surface area (Å²) in [7, 11) is 0. The molecular formula is C7H12N2O3. The van der Waals surface area contributed by atoms with Gasteiger partial charge in [0.25, 0.3) is 0 Å². The maximum absolute atomic E-state index is 10.5. The van der Waals surface area contributed by atoms with Gasteiger partial charge in [-0.05, 0) is 13.0 Å². The minimum Gasteiger partial charge on any atom is -0.481 e. The van der Waals surface area contributed by atoms with E-state index in [-0.39, 0.29) is 6.42 Å². The predicted octanol–water partition coefficient (Wildman–Crippen LogP) is -1.06. The van der Waals surface area contributed by atoms with E-state index in [0.29, 0.717) is 19.4 Å². The average molecular weight is 172 g/mol. The number of carboxylic acids is 1. The first kappa shape index (κ1) is 8.99. The van der Waals surface area contributed by atoms with Gasteiger partial charge in [-0.3, -0.25) is 9.59 Å². The first-order chi connectivity index (χ1) is 5.68. The van der Waals surface area contributed by atoms with Gasteiger partial charge in [0.15, 0.2) is 0 Å². The van der Waals surface area contributed by atoms with E-state index in [4.69, 9.17) is 5.11 Å². The Morgan fingerprint density at radius 1 is 1.75 bits per heavy atom. The largest absolute Gasteiger partial charge is 0.481 e. The summed E-state index contributed by atoms with van der Waals surface area (Å²) in [5.41, 5.74) is -0.562. The van der Waals surface area contributed by atoms with E-state index in [2.05, 4.69) is 10.6 Å². The Balaban J connectivity index is 2.57. The number of carbonyl (C=O) groups is 2. The maximum Gasteiger partial charge on any atom is 0.305 e. The molecule has 1 heterocycles. The van der Waals surface area contributed by atoms with Gasteiger partial charge in [0.1, 0.15) is 0 Å². The number of nitrogens with one attached hydrogen (secondary N) is 2. The predicted molar refractivity (Wildman–Crippen MR) is 41.7 cm³/mol. The summed E-state index contributed by atoms with van der Waals surface area (Å²) in [5.74, 6) is -0.881. The van der Waals surface area contributed by atoms with Gasteiger partial charge in [0.05, 0.1) is 12.0 Å². The van der Waals surface area contributed by atoms with E-state index in [1.807, 2.05) is 0 Å². The summed E-state index contributed by atoms with van der Waals surface area (Å²) in [6.07, 6.45) is 1.23. The van der Waals surface area contributed by atoms with Gasteiger partial charge in [-0.15, -0.1) is 0 Å². The molecule has 1 aliphatic rings. The molecule has 1 fully saturated rings. The summed E-state index contributed by atoms with van der Waals surface area (Å²) in [4.78, 5) is 20.7. The molecular weight excluding hydrogens is 160 g/mol. The Labute approximate surface area is 70.1 Å². The van der Waals surface area contributed by atoms with Crippen molar-refractivity contribution in [3.05, 3.63) is 0 Å². The molecule has 1 amide bonds. The molecule has 68 valence electrons. The minimum atomic E-state index is -0.881. The summed E-state index contributed by atoms with van der Waals surface area (Å²) in [6, 6.07) is 0. The highest BCUT2D eigenvalue weighted by Gasteiger charge is 2.35. The molecule has 0 saturated carbocycles. The van der Waals surface area contributed by atoms with Crippen LogP contribution < -0.4 is 10.6 Å². The Morgan fingerprint density at radius 3 is 2.92 bits per heavy atom. The quantitative estimate of drug-likeness (QED) is 0.472. The van der Waals surface area contributed by atoms with Crippen LogP contribution in [0.5, 0.6) is 0 Å². The molecule has 0 bridgehead atoms. The van der Waals surface area contributed by atoms with E-state index < -0.39 is 11.5 Å². The van der Waals surface area contributed by atoms with Gasteiger partial charge < -0.3 is 15.7 Å². The van der Waals surface area contributed by atoms with Crippen molar-refractivity contribution < 1.29 is 14.7 Å². The fourth-order valence-corrected chi connectivity index (χ4v) is 1.48. The first-order valence-corrected chi connectivity index (χ1v) is 3.82. The van der Waals surface area contributed by atoms with Crippen molar-refractivity contribution in [1.29, 1.82) is 0 Å². The van der Waals surface area contributed by atoms with Crippen molar-refractivity contribution in [3.63, 3.8) is 0 Å². The number of hydrogen-bond acceptors (Lipinski definition) is 3. The van der Waals surface area contributed by atoms with Crippen LogP contribution in [0.4, 0.5) is 0 Å². The molecule has 1 unspecified atom stereocenters. The molecule has 0 radical (unpaired) electrons. The molecule has 12 heavy (non-hydrogen) atoms. The lowest BCUT2D eigenvalue weighted by Gasteiger charge is -2.24. The lowest BCUT2D eigenvalue weighted by molar-refractivity contribution is -0.138. The van der Waals surface area contributed by atoms with Gasteiger partial charge in [-0.2, -0.15) is 0 Å². The number of amides is 1. The lowest BCUT2D eigenvalue weighted by Crippen LogP contribution is -2.47. The summed E-state index contributed by atoms with van der Waals surface area (Å²) in [5, 5.41) is 14.2. The molecule has 0 spiro atoms. The number of hydrogen-bond donors (Lipinski definition) is 3. The Hall–Kier alpha value is -1.10. The van der Waals surface area contributed by atoms with E-state index in [9.17, 15) is 9.59 Å². The third-order valence-electron chi connectivity index (χ3n) is 2.10. The smallest absolute Gasteiger partial charge is 0.305 e. The second-order valence-electron chi connectivity index (χ2n) is 3.04. The molecule has 1 rings (SSSR count). The average Bonchev–Trinajstić information content (AvgIpc) is 2.36. The second kappa shape index (κ2) is 3.53. The second-order valence-corrected chi connectivity index (χ2v) is 3.04. The third kappa shape index (κ3) is 1.94. The van der Waals surface area contributed by atoms with E-state index in [1.165, 1.54) is 0 Å². The van der Waals surface area contributed by atoms with Gasteiger partial charge in [0, 0.05) is 6.54 Å². The maximum atomic E-state index is 10.5. The summed E-state index contributed by atoms with van der Waals surface area (Å²) < 4.78 is 0. The van der Waals surface area contributed by atoms with Crippen LogP contribution in [0, 0.1) is 0 Å². The molecule has 1 atom stereocenters. The minimum absolute atomic E-state index is 0.0151. The van der Waals surface area contributed by atoms with Gasteiger partial charge >= 0.3 is 5.97 Å².